The molecule has 0 aromatic carbocycles. The van der Waals surface area contributed by atoms with Crippen molar-refractivity contribution in [3.63, 3.8) is 0 Å². The maximum absolute atomic E-state index is 12.3. The van der Waals surface area contributed by atoms with Gasteiger partial charge in [-0.3, -0.25) is 4.79 Å². The summed E-state index contributed by atoms with van der Waals surface area (Å²) in [6, 6.07) is 0.584. The molecule has 0 aliphatic carbocycles. The number of nitrogens with zero attached hydrogens (tertiary/aromatic N) is 4. The molecule has 1 saturated heterocycles. The molecule has 1 aromatic heterocycles. The van der Waals surface area contributed by atoms with Gasteiger partial charge in [-0.1, -0.05) is 11.8 Å². The van der Waals surface area contributed by atoms with E-state index < -0.39 is 0 Å². The summed E-state index contributed by atoms with van der Waals surface area (Å²) in [4.78, 5) is 25.9. The van der Waals surface area contributed by atoms with Crippen LogP contribution in [0, 0.1) is 0 Å². The molecule has 1 aliphatic rings. The molecule has 1 aliphatic heterocycles. The van der Waals surface area contributed by atoms with Crippen LogP contribution in [-0.2, 0) is 4.79 Å². The van der Waals surface area contributed by atoms with Gasteiger partial charge < -0.3 is 16.4 Å². The first-order valence-corrected chi connectivity index (χ1v) is 7.67. The molecule has 110 valence electrons. The molecular formula is C12H20N6OS. The topological polar surface area (TPSA) is 111 Å². The van der Waals surface area contributed by atoms with Crippen molar-refractivity contribution in [3.05, 3.63) is 0 Å². The molecule has 1 amide bonds. The van der Waals surface area contributed by atoms with Crippen molar-refractivity contribution in [2.75, 3.05) is 17.2 Å². The highest BCUT2D eigenvalue weighted by Gasteiger charge is 2.28. The summed E-state index contributed by atoms with van der Waals surface area (Å²) in [6.45, 7) is 4.19. The molecular weight excluding hydrogens is 276 g/mol. The van der Waals surface area contributed by atoms with Crippen molar-refractivity contribution in [1.82, 2.24) is 19.9 Å². The largest absolute Gasteiger partial charge is 0.368 e. The van der Waals surface area contributed by atoms with Gasteiger partial charge in [0.05, 0.1) is 5.75 Å². The number of nitrogen functional groups attached to an aromatic ring is 2. The van der Waals surface area contributed by atoms with E-state index in [9.17, 15) is 4.79 Å². The normalized spacial score (nSPS) is 22.8. The van der Waals surface area contributed by atoms with Gasteiger partial charge in [-0.2, -0.15) is 15.0 Å². The van der Waals surface area contributed by atoms with Crippen LogP contribution in [0.5, 0.6) is 0 Å². The Morgan fingerprint density at radius 3 is 2.30 bits per heavy atom. The van der Waals surface area contributed by atoms with Gasteiger partial charge in [0.1, 0.15) is 0 Å². The monoisotopic (exact) mass is 296 g/mol. The summed E-state index contributed by atoms with van der Waals surface area (Å²) >= 11 is 1.24. The lowest BCUT2D eigenvalue weighted by atomic mass is 9.98. The van der Waals surface area contributed by atoms with Crippen LogP contribution in [0.25, 0.3) is 0 Å². The maximum atomic E-state index is 12.3. The Hall–Kier alpha value is -1.57. The second-order valence-corrected chi connectivity index (χ2v) is 6.00. The first kappa shape index (κ1) is 14.8. The van der Waals surface area contributed by atoms with Crippen molar-refractivity contribution in [1.29, 1.82) is 0 Å². The molecule has 0 bridgehead atoms. The number of carbonyl (C=O) groups is 1. The van der Waals surface area contributed by atoms with Crippen molar-refractivity contribution < 1.29 is 4.79 Å². The van der Waals surface area contributed by atoms with Crippen molar-refractivity contribution in [2.45, 2.75) is 50.4 Å². The predicted octanol–water partition coefficient (Wildman–Crippen LogP) is 0.918. The molecule has 7 nitrogen and oxygen atoms in total. The molecule has 20 heavy (non-hydrogen) atoms. The van der Waals surface area contributed by atoms with E-state index in [-0.39, 0.29) is 23.6 Å². The van der Waals surface area contributed by atoms with E-state index in [4.69, 9.17) is 11.5 Å². The SMILES string of the molecule is C[C@H]1CCC[C@H](C)N1C(=O)CSc1nc(N)nc(N)n1. The van der Waals surface area contributed by atoms with Crippen molar-refractivity contribution >= 4 is 29.6 Å². The van der Waals surface area contributed by atoms with Gasteiger partial charge in [-0.25, -0.2) is 0 Å². The number of hydrogen-bond acceptors (Lipinski definition) is 7. The summed E-state index contributed by atoms with van der Waals surface area (Å²) in [5.41, 5.74) is 11.0. The first-order valence-electron chi connectivity index (χ1n) is 6.68. The van der Waals surface area contributed by atoms with Crippen LogP contribution < -0.4 is 11.5 Å². The van der Waals surface area contributed by atoms with E-state index in [0.29, 0.717) is 17.2 Å². The van der Waals surface area contributed by atoms with E-state index in [1.165, 1.54) is 18.2 Å². The predicted molar refractivity (Wildman–Crippen MR) is 79.0 cm³/mol. The quantitative estimate of drug-likeness (QED) is 0.798. The number of anilines is 2. The third kappa shape index (κ3) is 3.50. The Kier molecular flexibility index (Phi) is 4.64. The van der Waals surface area contributed by atoms with E-state index >= 15 is 0 Å². The van der Waals surface area contributed by atoms with Gasteiger partial charge in [0, 0.05) is 12.1 Å². The molecule has 0 radical (unpaired) electrons. The lowest BCUT2D eigenvalue weighted by molar-refractivity contribution is -0.134. The Bertz CT molecular complexity index is 467. The van der Waals surface area contributed by atoms with Crippen LogP contribution in [-0.4, -0.2) is 43.6 Å². The molecule has 2 rings (SSSR count). The van der Waals surface area contributed by atoms with Gasteiger partial charge in [-0.05, 0) is 33.1 Å². The molecule has 0 saturated carbocycles. The van der Waals surface area contributed by atoms with Crippen molar-refractivity contribution in [2.24, 2.45) is 0 Å². The zero-order valence-electron chi connectivity index (χ0n) is 11.7. The third-order valence-electron chi connectivity index (χ3n) is 3.46. The zero-order valence-corrected chi connectivity index (χ0v) is 12.6. The van der Waals surface area contributed by atoms with Crippen LogP contribution in [0.4, 0.5) is 11.9 Å². The number of aromatic nitrogens is 3. The Balaban J connectivity index is 1.97. The number of thioether (sulfide) groups is 1. The fourth-order valence-corrected chi connectivity index (χ4v) is 3.28. The minimum absolute atomic E-state index is 0.0761. The molecule has 4 N–H and O–H groups in total. The summed E-state index contributed by atoms with van der Waals surface area (Å²) in [7, 11) is 0. The van der Waals surface area contributed by atoms with Gasteiger partial charge in [0.2, 0.25) is 17.8 Å². The van der Waals surface area contributed by atoms with Crippen LogP contribution in [0.1, 0.15) is 33.1 Å². The smallest absolute Gasteiger partial charge is 0.233 e. The minimum Gasteiger partial charge on any atom is -0.368 e. The Labute approximate surface area is 122 Å². The minimum atomic E-state index is 0.0761. The number of amides is 1. The fraction of sp³-hybridized carbons (Fsp3) is 0.667. The fourth-order valence-electron chi connectivity index (χ4n) is 2.57. The van der Waals surface area contributed by atoms with Gasteiger partial charge in [-0.15, -0.1) is 0 Å². The summed E-state index contributed by atoms with van der Waals surface area (Å²) in [5, 5.41) is 0.390. The molecule has 2 heterocycles. The highest BCUT2D eigenvalue weighted by molar-refractivity contribution is 7.99. The van der Waals surface area contributed by atoms with Crippen LogP contribution in [0.3, 0.4) is 0 Å². The van der Waals surface area contributed by atoms with Crippen molar-refractivity contribution in [3.8, 4) is 0 Å². The van der Waals surface area contributed by atoms with Gasteiger partial charge in [0.25, 0.3) is 0 Å². The van der Waals surface area contributed by atoms with E-state index in [0.717, 1.165) is 12.8 Å². The third-order valence-corrected chi connectivity index (χ3v) is 4.29. The van der Waals surface area contributed by atoms with E-state index in [1.54, 1.807) is 0 Å². The van der Waals surface area contributed by atoms with E-state index in [1.807, 2.05) is 4.90 Å². The Morgan fingerprint density at radius 2 is 1.75 bits per heavy atom. The summed E-state index contributed by atoms with van der Waals surface area (Å²) in [5.74, 6) is 0.545. The highest BCUT2D eigenvalue weighted by Crippen LogP contribution is 2.24. The maximum Gasteiger partial charge on any atom is 0.233 e. The van der Waals surface area contributed by atoms with Crippen LogP contribution >= 0.6 is 11.8 Å². The average molecular weight is 296 g/mol. The second kappa shape index (κ2) is 6.25. The lowest BCUT2D eigenvalue weighted by Crippen LogP contribution is -2.48. The molecule has 0 spiro atoms. The average Bonchev–Trinajstić information content (AvgIpc) is 2.35. The lowest BCUT2D eigenvalue weighted by Gasteiger charge is -2.39. The zero-order chi connectivity index (χ0) is 14.7. The second-order valence-electron chi connectivity index (χ2n) is 5.05. The molecule has 1 aromatic rings. The molecule has 1 fully saturated rings. The van der Waals surface area contributed by atoms with Crippen LogP contribution in [0.2, 0.25) is 0 Å². The number of hydrogen-bond donors (Lipinski definition) is 2. The molecule has 8 heteroatoms. The molecule has 2 atom stereocenters. The number of carbonyl (C=O) groups excluding carboxylic acids is 1. The number of likely N-dealkylation sites (tertiary alicyclic amines) is 1. The van der Waals surface area contributed by atoms with Gasteiger partial charge in [0.15, 0.2) is 5.16 Å². The summed E-state index contributed by atoms with van der Waals surface area (Å²) < 4.78 is 0. The number of piperidine rings is 1. The van der Waals surface area contributed by atoms with Gasteiger partial charge >= 0.3 is 0 Å². The highest BCUT2D eigenvalue weighted by atomic mass is 32.2. The standard InChI is InChI=1S/C12H20N6OS/c1-7-4-3-5-8(2)18(7)9(19)6-20-12-16-10(13)15-11(14)17-12/h7-8H,3-6H2,1-2H3,(H4,13,14,15,16,17)/t7-,8-/m0/s1. The first-order chi connectivity index (χ1) is 9.47. The number of nitrogens with two attached hydrogens (primary N) is 2. The molecule has 0 unspecified atom stereocenters. The Morgan fingerprint density at radius 1 is 1.20 bits per heavy atom. The number of rotatable bonds is 3. The summed E-state index contributed by atoms with van der Waals surface area (Å²) in [6.07, 6.45) is 3.30. The van der Waals surface area contributed by atoms with E-state index in [2.05, 4.69) is 28.8 Å². The van der Waals surface area contributed by atoms with Crippen LogP contribution in [0.15, 0.2) is 5.16 Å².